The molecule has 0 saturated heterocycles. The second-order valence-electron chi connectivity index (χ2n) is 11.1. The summed E-state index contributed by atoms with van der Waals surface area (Å²) in [6.45, 7) is 1.89. The highest BCUT2D eigenvalue weighted by Crippen LogP contribution is 2.43. The molecule has 2 heterocycles. The monoisotopic (exact) mass is 592 g/mol. The van der Waals surface area contributed by atoms with Crippen molar-refractivity contribution in [3.8, 4) is 22.8 Å². The predicted octanol–water partition coefficient (Wildman–Crippen LogP) is 7.50. The van der Waals surface area contributed by atoms with Gasteiger partial charge >= 0.3 is 12.6 Å². The number of esters is 1. The molecule has 2 unspecified atom stereocenters. The maximum absolute atomic E-state index is 12.9. The van der Waals surface area contributed by atoms with Crippen LogP contribution in [0.5, 0.6) is 11.5 Å². The summed E-state index contributed by atoms with van der Waals surface area (Å²) < 4.78 is 41.4. The van der Waals surface area contributed by atoms with Gasteiger partial charge in [0, 0.05) is 23.5 Å². The van der Waals surface area contributed by atoms with Gasteiger partial charge in [0.2, 0.25) is 0 Å². The van der Waals surface area contributed by atoms with Crippen molar-refractivity contribution in [2.45, 2.75) is 108 Å². The fourth-order valence-electron chi connectivity index (χ4n) is 5.78. The number of carbonyl (C=O) groups excluding carboxylic acids is 1. The van der Waals surface area contributed by atoms with Gasteiger partial charge in [-0.15, -0.1) is 22.0 Å². The van der Waals surface area contributed by atoms with Crippen LogP contribution in [0, 0.1) is 11.8 Å². The molecule has 41 heavy (non-hydrogen) atoms. The predicted molar refractivity (Wildman–Crippen MR) is 154 cm³/mol. The topological polar surface area (TPSA) is 90.8 Å². The Morgan fingerprint density at radius 2 is 1.98 bits per heavy atom. The summed E-state index contributed by atoms with van der Waals surface area (Å²) in [7, 11) is 1.45. The van der Waals surface area contributed by atoms with Gasteiger partial charge in [-0.05, 0) is 73.6 Å². The van der Waals surface area contributed by atoms with Gasteiger partial charge in [-0.2, -0.15) is 8.78 Å². The second-order valence-corrected chi connectivity index (χ2v) is 12.3. The minimum atomic E-state index is -3.00. The fraction of sp³-hybridized carbons (Fsp3) is 0.645. The normalized spacial score (nSPS) is 16.9. The van der Waals surface area contributed by atoms with Crippen LogP contribution in [0.25, 0.3) is 11.3 Å². The third-order valence-corrected chi connectivity index (χ3v) is 9.67. The zero-order valence-corrected chi connectivity index (χ0v) is 25.1. The first-order chi connectivity index (χ1) is 19.8. The number of fused-ring (bicyclic) bond motifs is 3. The van der Waals surface area contributed by atoms with E-state index in [0.717, 1.165) is 55.5 Å². The van der Waals surface area contributed by atoms with Crippen LogP contribution < -0.4 is 4.74 Å². The van der Waals surface area contributed by atoms with Crippen LogP contribution >= 0.6 is 11.8 Å². The average Bonchev–Trinajstić information content (AvgIpc) is 3.00. The van der Waals surface area contributed by atoms with Gasteiger partial charge in [0.05, 0.1) is 19.6 Å². The molecule has 2 aliphatic rings. The molecular formula is C31H42F2N2O5S. The molecule has 1 aliphatic heterocycles. The maximum atomic E-state index is 12.9. The van der Waals surface area contributed by atoms with Crippen LogP contribution in [0.1, 0.15) is 88.3 Å². The number of halogens is 2. The molecule has 1 aromatic heterocycles. The number of carbonyl (C=O) groups is 1. The van der Waals surface area contributed by atoms with E-state index >= 15 is 0 Å². The van der Waals surface area contributed by atoms with Gasteiger partial charge in [-0.25, -0.2) is 0 Å². The number of rotatable bonds is 13. The number of hydrogen-bond acceptors (Lipinski definition) is 8. The van der Waals surface area contributed by atoms with Crippen molar-refractivity contribution < 1.29 is 32.9 Å². The highest BCUT2D eigenvalue weighted by Gasteiger charge is 2.29. The van der Waals surface area contributed by atoms with E-state index in [2.05, 4.69) is 23.7 Å². The highest BCUT2D eigenvalue weighted by atomic mass is 32.2. The van der Waals surface area contributed by atoms with Crippen LogP contribution in [0.3, 0.4) is 0 Å². The Labute approximate surface area is 245 Å². The Morgan fingerprint density at radius 3 is 2.63 bits per heavy atom. The molecule has 10 heteroatoms. The largest absolute Gasteiger partial charge is 0.507 e. The number of phenolic OH excluding ortho intramolecular Hbond substituents is 1. The number of phenols is 1. The average molecular weight is 593 g/mol. The maximum Gasteiger partial charge on any atom is 0.387 e. The first-order valence-electron chi connectivity index (χ1n) is 14.9. The van der Waals surface area contributed by atoms with Crippen LogP contribution in [0.2, 0.25) is 0 Å². The summed E-state index contributed by atoms with van der Waals surface area (Å²) in [5.74, 6) is 0.0463. The van der Waals surface area contributed by atoms with Crippen molar-refractivity contribution in [3.05, 3.63) is 28.8 Å². The molecule has 0 radical (unpaired) electrons. The summed E-state index contributed by atoms with van der Waals surface area (Å²) in [5.41, 5.74) is 3.82. The van der Waals surface area contributed by atoms with E-state index in [1.54, 1.807) is 11.8 Å². The quantitative estimate of drug-likeness (QED) is 0.189. The van der Waals surface area contributed by atoms with Gasteiger partial charge in [0.15, 0.2) is 0 Å². The number of benzene rings is 1. The van der Waals surface area contributed by atoms with Gasteiger partial charge in [0.25, 0.3) is 0 Å². The molecule has 1 N–H and O–H groups in total. The Bertz CT molecular complexity index is 1180. The smallest absolute Gasteiger partial charge is 0.387 e. The molecule has 7 nitrogen and oxygen atoms in total. The molecule has 0 amide bonds. The molecule has 0 bridgehead atoms. The standard InChI is InChI=1S/C31H42F2N2O5S/c1-4-8-20(30(37)38-3)12-13-23(5-2)41-29-25(15-19-9-6-10-19)24-11-7-14-39-18-21-16-22(40-31(32)33)17-26(36)27(21)28(24)34-35-29/h16-17,19-20,23,31,36H,4-15,18H2,1-3H3. The van der Waals surface area contributed by atoms with E-state index in [1.165, 1.54) is 44.1 Å². The molecule has 2 atom stereocenters. The van der Waals surface area contributed by atoms with E-state index in [-0.39, 0.29) is 35.2 Å². The van der Waals surface area contributed by atoms with E-state index < -0.39 is 6.61 Å². The van der Waals surface area contributed by atoms with Crippen molar-refractivity contribution in [1.29, 1.82) is 0 Å². The number of thioether (sulfide) groups is 1. The lowest BCUT2D eigenvalue weighted by molar-refractivity contribution is -0.146. The minimum absolute atomic E-state index is 0.0989. The molecule has 1 aromatic carbocycles. The fourth-order valence-corrected chi connectivity index (χ4v) is 6.96. The first-order valence-corrected chi connectivity index (χ1v) is 15.7. The lowest BCUT2D eigenvalue weighted by atomic mass is 9.79. The number of aromatic nitrogens is 2. The third kappa shape index (κ3) is 8.09. The van der Waals surface area contributed by atoms with Crippen molar-refractivity contribution in [3.63, 3.8) is 0 Å². The number of alkyl halides is 2. The Morgan fingerprint density at radius 1 is 1.17 bits per heavy atom. The zero-order valence-electron chi connectivity index (χ0n) is 24.3. The number of nitrogens with zero attached hydrogens (tertiary/aromatic N) is 2. The molecule has 1 aliphatic carbocycles. The van der Waals surface area contributed by atoms with Crippen molar-refractivity contribution in [2.24, 2.45) is 11.8 Å². The minimum Gasteiger partial charge on any atom is -0.507 e. The van der Waals surface area contributed by atoms with Crippen LogP contribution in [0.4, 0.5) is 8.78 Å². The highest BCUT2D eigenvalue weighted by molar-refractivity contribution is 7.99. The SMILES string of the molecule is CCCC(CCC(CC)Sc1nnc2c(c1CC1CCC1)CCCOCc1cc(OC(F)F)cc(O)c1-2)C(=O)OC. The van der Waals surface area contributed by atoms with Crippen molar-refractivity contribution >= 4 is 17.7 Å². The zero-order chi connectivity index (χ0) is 29.4. The van der Waals surface area contributed by atoms with Crippen molar-refractivity contribution in [1.82, 2.24) is 10.2 Å². The van der Waals surface area contributed by atoms with E-state index in [0.29, 0.717) is 35.8 Å². The Kier molecular flexibility index (Phi) is 11.6. The van der Waals surface area contributed by atoms with Gasteiger partial charge in [0.1, 0.15) is 22.2 Å². The summed E-state index contributed by atoms with van der Waals surface area (Å²) in [5, 5.41) is 21.6. The van der Waals surface area contributed by atoms with Gasteiger partial charge in [-0.3, -0.25) is 4.79 Å². The number of hydrogen-bond donors (Lipinski definition) is 1. The number of methoxy groups -OCH3 is 1. The van der Waals surface area contributed by atoms with Gasteiger partial charge < -0.3 is 19.3 Å². The molecule has 0 spiro atoms. The van der Waals surface area contributed by atoms with Crippen LogP contribution in [-0.2, 0) is 33.7 Å². The van der Waals surface area contributed by atoms with Crippen LogP contribution in [-0.4, -0.2) is 46.9 Å². The second kappa shape index (κ2) is 15.1. The molecule has 226 valence electrons. The summed E-state index contributed by atoms with van der Waals surface area (Å²) in [6, 6.07) is 2.71. The number of aromatic hydroxyl groups is 1. The molecule has 2 aromatic rings. The van der Waals surface area contributed by atoms with Gasteiger partial charge in [-0.1, -0.05) is 39.5 Å². The summed E-state index contributed by atoms with van der Waals surface area (Å²) in [6.07, 6.45) is 10.3. The van der Waals surface area contributed by atoms with E-state index in [9.17, 15) is 18.7 Å². The Balaban J connectivity index is 1.70. The lowest BCUT2D eigenvalue weighted by Gasteiger charge is -2.28. The molecule has 1 fully saturated rings. The van der Waals surface area contributed by atoms with E-state index in [1.807, 2.05) is 0 Å². The summed E-state index contributed by atoms with van der Waals surface area (Å²) >= 11 is 1.73. The lowest BCUT2D eigenvalue weighted by Crippen LogP contribution is -2.19. The molecule has 4 rings (SSSR count). The molecule has 1 saturated carbocycles. The van der Waals surface area contributed by atoms with E-state index in [4.69, 9.17) is 14.6 Å². The van der Waals surface area contributed by atoms with Crippen molar-refractivity contribution in [2.75, 3.05) is 13.7 Å². The third-order valence-electron chi connectivity index (χ3n) is 8.22. The molecular weight excluding hydrogens is 550 g/mol. The number of ether oxygens (including phenoxy) is 3. The first kappa shape index (κ1) is 31.5. The van der Waals surface area contributed by atoms with Crippen LogP contribution in [0.15, 0.2) is 17.2 Å². The summed E-state index contributed by atoms with van der Waals surface area (Å²) in [4.78, 5) is 12.3. The Hall–Kier alpha value is -2.46.